The first-order valence-corrected chi connectivity index (χ1v) is 32.3. The third-order valence-corrected chi connectivity index (χ3v) is 15.0. The van der Waals surface area contributed by atoms with Crippen LogP contribution in [-0.2, 0) is 52.8 Å². The van der Waals surface area contributed by atoms with Crippen molar-refractivity contribution >= 4 is 147 Å². The summed E-state index contributed by atoms with van der Waals surface area (Å²) >= 11 is 3.12. The van der Waals surface area contributed by atoms with Gasteiger partial charge in [-0.15, -0.1) is 19.7 Å². The van der Waals surface area contributed by atoms with Crippen molar-refractivity contribution in [3.63, 3.8) is 0 Å². The predicted octanol–water partition coefficient (Wildman–Crippen LogP) is 14.5. The molecule has 0 bridgehead atoms. The van der Waals surface area contributed by atoms with Gasteiger partial charge in [0.25, 0.3) is 17.1 Å². The van der Waals surface area contributed by atoms with Gasteiger partial charge in [-0.2, -0.15) is 34.2 Å². The molecule has 0 aliphatic heterocycles. The highest BCUT2D eigenvalue weighted by molar-refractivity contribution is 7.85. The summed E-state index contributed by atoms with van der Waals surface area (Å²) < 4.78 is 93.0. The number of aryl methyl sites for hydroxylation is 2. The summed E-state index contributed by atoms with van der Waals surface area (Å²) in [5.74, 6) is 0. The van der Waals surface area contributed by atoms with Crippen molar-refractivity contribution < 1.29 is 73.9 Å². The van der Waals surface area contributed by atoms with Crippen LogP contribution >= 0.6 is 34.6 Å². The van der Waals surface area contributed by atoms with Crippen LogP contribution in [0.5, 0.6) is 0 Å². The van der Waals surface area contributed by atoms with Crippen LogP contribution in [0.15, 0.2) is 182 Å². The minimum atomic E-state index is -4.67. The van der Waals surface area contributed by atoms with Crippen LogP contribution in [0.4, 0.5) is 49.1 Å². The molecule has 0 saturated carbocycles. The normalized spacial score (nSPS) is 11.6. The number of nitrogen functional groups attached to an aromatic ring is 1. The van der Waals surface area contributed by atoms with E-state index in [1.807, 2.05) is 25.1 Å². The summed E-state index contributed by atoms with van der Waals surface area (Å²) in [7, 11) is -13.4. The second-order valence-corrected chi connectivity index (χ2v) is 23.7. The number of fused-ring (bicyclic) bond motifs is 3. The molecule has 33 nitrogen and oxygen atoms in total. The number of nitrogens with two attached hydrogens (primary N) is 1. The lowest BCUT2D eigenvalue weighted by Gasteiger charge is -2.24. The summed E-state index contributed by atoms with van der Waals surface area (Å²) in [5.41, 5.74) is 15.4. The number of benzene rings is 7. The molecule has 0 aliphatic carbocycles. The average Bonchev–Trinajstić information content (AvgIpc) is 1.78. The predicted molar refractivity (Wildman–Crippen MR) is 353 cm³/mol. The number of non-ortho nitro benzene ring substituents is 3. The molecule has 3 heterocycles. The SMILES string of the molecule is C.CCN(Cc1ccccc1)c1ccc(N=Nc2snc3ccc([N+](=O)[O-])cc23)c(C)c1.CCN(Cc1ccccc1)c1cccc(C)c1.Nc1snc2ccc([N+](=O)[O-])cc12.O=S(=O)(O)O.O=S(O)(=NO)OO.O=[N+]([O-])c1ccc2nsc(N=NS(=O)(=O)OO)c2c1. The first kappa shape index (κ1) is 76.0. The van der Waals surface area contributed by atoms with Crippen LogP contribution in [-0.4, -0.2) is 91.4 Å². The van der Waals surface area contributed by atoms with Crippen LogP contribution in [0.3, 0.4) is 0 Å². The van der Waals surface area contributed by atoms with Gasteiger partial charge in [-0.05, 0) is 142 Å². The molecular formula is C54H58N14O19S6. The van der Waals surface area contributed by atoms with E-state index in [1.165, 1.54) is 76.4 Å². The largest absolute Gasteiger partial charge is 0.425 e. The van der Waals surface area contributed by atoms with E-state index in [0.717, 1.165) is 66.2 Å². The van der Waals surface area contributed by atoms with Crippen LogP contribution < -0.4 is 15.5 Å². The number of rotatable bonds is 17. The molecule has 93 heavy (non-hydrogen) atoms. The highest BCUT2D eigenvalue weighted by Gasteiger charge is 2.16. The quantitative estimate of drug-likeness (QED) is 0.0146. The summed E-state index contributed by atoms with van der Waals surface area (Å²) in [4.78, 5) is 35.3. The van der Waals surface area contributed by atoms with E-state index < -0.39 is 45.8 Å². The Labute approximate surface area is 542 Å². The molecule has 7 aromatic carbocycles. The Morgan fingerprint density at radius 2 is 0.978 bits per heavy atom. The smallest absolute Gasteiger partial charge is 0.389 e. The molecule has 3 aromatic heterocycles. The second-order valence-electron chi connectivity index (χ2n) is 18.1. The molecule has 494 valence electrons. The standard InChI is InChI=1S/C23H21N5O2S.C16H19N.C7H4N4O6S2.C7H5N3O2S.CH4.H3NO5S.H2O4S/c1-3-27(15-17-7-5-4-6-8-17)18-9-11-21(16(2)13-18)24-25-23-20-14-19(28(29)30)10-12-22(20)26-31-23;1-3-17(13-15-9-5-4-6-10-15)16-11-7-8-14(2)12-16;12-11(13)4-1-2-6-5(3-4)7(18-9-6)8-10-19(15,16)17-14;8-7-5-3-4(10(11)12)1-2-6(5)9-13-7;;2-1-7(4,5)6-3;1-5(2,3)4/h4-14H,3,15H2,1-2H3;4-12H,3,13H2,1-2H3;1-3,14H;1-3H,8H2;1H4;2-3H,(H,1,4,5);(H2,1,2,3,4). The van der Waals surface area contributed by atoms with E-state index in [1.54, 1.807) is 16.7 Å². The molecule has 0 saturated heterocycles. The molecular weight excluding hydrogens is 1340 g/mol. The second kappa shape index (κ2) is 36.0. The van der Waals surface area contributed by atoms with E-state index in [0.29, 0.717) is 37.3 Å². The van der Waals surface area contributed by atoms with Crippen molar-refractivity contribution in [3.05, 3.63) is 210 Å². The number of hydrogen-bond acceptors (Lipinski definition) is 28. The number of nitrogens with zero attached hydrogens (tertiary/aromatic N) is 13. The Morgan fingerprint density at radius 3 is 1.38 bits per heavy atom. The Balaban J connectivity index is 0.000000258. The maximum Gasteiger partial charge on any atom is 0.425 e. The van der Waals surface area contributed by atoms with Crippen molar-refractivity contribution in [1.82, 2.24) is 13.1 Å². The van der Waals surface area contributed by atoms with Crippen LogP contribution in [0.2, 0.25) is 0 Å². The lowest BCUT2D eigenvalue weighted by molar-refractivity contribution is -0.384. The number of aromatic nitrogens is 3. The topological polar surface area (TPSA) is 488 Å². The first-order valence-electron chi connectivity index (χ1n) is 25.8. The van der Waals surface area contributed by atoms with Crippen molar-refractivity contribution in [2.45, 2.75) is 48.2 Å². The zero-order valence-corrected chi connectivity index (χ0v) is 53.1. The van der Waals surface area contributed by atoms with Gasteiger partial charge in [0.05, 0.1) is 37.0 Å². The molecule has 39 heteroatoms. The van der Waals surface area contributed by atoms with Crippen molar-refractivity contribution in [2.75, 3.05) is 28.6 Å². The van der Waals surface area contributed by atoms with Gasteiger partial charge >= 0.3 is 31.0 Å². The number of nitro benzene ring substituents is 3. The minimum Gasteiger partial charge on any atom is -0.389 e. The zero-order chi connectivity index (χ0) is 67.8. The van der Waals surface area contributed by atoms with Crippen molar-refractivity contribution in [2.24, 2.45) is 24.4 Å². The molecule has 0 aliphatic rings. The van der Waals surface area contributed by atoms with E-state index in [-0.39, 0.29) is 34.9 Å². The van der Waals surface area contributed by atoms with Crippen molar-refractivity contribution in [3.8, 4) is 0 Å². The van der Waals surface area contributed by atoms with Gasteiger partial charge in [0.2, 0.25) is 0 Å². The fourth-order valence-electron chi connectivity index (χ4n) is 7.63. The lowest BCUT2D eigenvalue weighted by Crippen LogP contribution is -2.21. The first-order chi connectivity index (χ1) is 43.6. The Hall–Kier alpha value is -9.46. The fraction of sp³-hybridized carbons (Fsp3) is 0.167. The van der Waals surface area contributed by atoms with E-state index in [2.05, 4.69) is 157 Å². The lowest BCUT2D eigenvalue weighted by atomic mass is 10.1. The highest BCUT2D eigenvalue weighted by atomic mass is 32.3. The van der Waals surface area contributed by atoms with Crippen LogP contribution in [0, 0.1) is 44.2 Å². The summed E-state index contributed by atoms with van der Waals surface area (Å²) in [5, 5.41) is 69.6. The van der Waals surface area contributed by atoms with Crippen molar-refractivity contribution in [1.29, 1.82) is 0 Å². The number of azo groups is 1. The average molecular weight is 1400 g/mol. The van der Waals surface area contributed by atoms with Crippen LogP contribution in [0.1, 0.15) is 43.5 Å². The Bertz CT molecular complexity index is 4570. The number of hydrogen-bond donors (Lipinski definition) is 7. The summed E-state index contributed by atoms with van der Waals surface area (Å²) in [6.45, 7) is 12.2. The van der Waals surface area contributed by atoms with Gasteiger partial charge in [0, 0.05) is 90.1 Å². The molecule has 10 rings (SSSR count). The fourth-order valence-corrected chi connectivity index (χ4v) is 9.91. The number of nitro groups is 3. The minimum absolute atomic E-state index is 0. The van der Waals surface area contributed by atoms with E-state index >= 15 is 0 Å². The van der Waals surface area contributed by atoms with Gasteiger partial charge in [-0.1, -0.05) is 84.6 Å². The van der Waals surface area contributed by atoms with E-state index in [9.17, 15) is 43.0 Å². The van der Waals surface area contributed by atoms with Gasteiger partial charge in [0.15, 0.2) is 10.0 Å². The molecule has 10 aromatic rings. The van der Waals surface area contributed by atoms with E-state index in [4.69, 9.17) is 43.5 Å². The molecule has 8 N–H and O–H groups in total. The Morgan fingerprint density at radius 1 is 0.548 bits per heavy atom. The van der Waals surface area contributed by atoms with Crippen LogP contribution in [0.25, 0.3) is 32.7 Å². The molecule has 0 radical (unpaired) electrons. The summed E-state index contributed by atoms with van der Waals surface area (Å²) in [6, 6.07) is 48.7. The monoisotopic (exact) mass is 1400 g/mol. The maximum atomic E-state index is 11.1. The molecule has 0 fully saturated rings. The molecule has 1 atom stereocenters. The molecule has 1 unspecified atom stereocenters. The van der Waals surface area contributed by atoms with Gasteiger partial charge < -0.3 is 15.5 Å². The summed E-state index contributed by atoms with van der Waals surface area (Å²) in [6.07, 6.45) is 0. The third-order valence-electron chi connectivity index (χ3n) is 11.9. The maximum absolute atomic E-state index is 11.1. The molecule has 0 amide bonds. The zero-order valence-electron chi connectivity index (χ0n) is 48.2. The Kier molecular flexibility index (Phi) is 29.4. The molecule has 0 spiro atoms. The van der Waals surface area contributed by atoms with Gasteiger partial charge in [0.1, 0.15) is 5.00 Å². The van der Waals surface area contributed by atoms with Gasteiger partial charge in [-0.3, -0.25) is 49.2 Å². The highest BCUT2D eigenvalue weighted by Crippen LogP contribution is 2.36. The third kappa shape index (κ3) is 24.6. The number of anilines is 3. The van der Waals surface area contributed by atoms with Gasteiger partial charge in [-0.25, -0.2) is 10.5 Å².